The van der Waals surface area contributed by atoms with Crippen molar-refractivity contribution in [1.29, 1.82) is 0 Å². The molecule has 0 aromatic heterocycles. The van der Waals surface area contributed by atoms with Crippen molar-refractivity contribution < 1.29 is 46.9 Å². The molecule has 2 fully saturated rings. The number of hydrogen-bond acceptors (Lipinski definition) is 8. The number of rotatable bonds is 12. The van der Waals surface area contributed by atoms with E-state index in [1.54, 1.807) is 37.5 Å². The van der Waals surface area contributed by atoms with Crippen molar-refractivity contribution in [3.63, 3.8) is 0 Å². The lowest BCUT2D eigenvalue weighted by Crippen LogP contribution is -2.59. The topological polar surface area (TPSA) is 127 Å². The fourth-order valence-corrected chi connectivity index (χ4v) is 6.17. The molecule has 2 heterocycles. The summed E-state index contributed by atoms with van der Waals surface area (Å²) in [7, 11) is 1.42. The van der Waals surface area contributed by atoms with Crippen molar-refractivity contribution in [2.45, 2.75) is 83.5 Å². The van der Waals surface area contributed by atoms with Crippen LogP contribution in [0.4, 0.5) is 18.4 Å². The van der Waals surface area contributed by atoms with Crippen molar-refractivity contribution in [2.75, 3.05) is 33.4 Å². The molecule has 2 aliphatic heterocycles. The van der Waals surface area contributed by atoms with Crippen molar-refractivity contribution in [3.8, 4) is 18.1 Å². The van der Waals surface area contributed by atoms with Gasteiger partial charge in [-0.25, -0.2) is 18.4 Å². The zero-order chi connectivity index (χ0) is 37.5. The Balaban J connectivity index is 1.57. The molecule has 0 bridgehead atoms. The van der Waals surface area contributed by atoms with E-state index in [1.165, 1.54) is 20.0 Å². The highest BCUT2D eigenvalue weighted by Crippen LogP contribution is 2.37. The fourth-order valence-electron chi connectivity index (χ4n) is 6.17. The van der Waals surface area contributed by atoms with Crippen LogP contribution in [0.25, 0.3) is 0 Å². The molecule has 14 heteroatoms. The van der Waals surface area contributed by atoms with E-state index >= 15 is 0 Å². The third-order valence-corrected chi connectivity index (χ3v) is 8.92. The number of carbonyl (C=O) groups excluding carboxylic acids is 4. The first-order chi connectivity index (χ1) is 24.1. The summed E-state index contributed by atoms with van der Waals surface area (Å²) in [5.74, 6) is -1.26. The highest BCUT2D eigenvalue weighted by Gasteiger charge is 2.53. The van der Waals surface area contributed by atoms with Gasteiger partial charge in [-0.15, -0.1) is 6.42 Å². The fraction of sp³-hybridized carbons (Fsp3) is 0.514. The lowest BCUT2D eigenvalue weighted by atomic mass is 9.99. The molecule has 1 N–H and O–H groups in total. The number of carbonyl (C=O) groups is 4. The van der Waals surface area contributed by atoms with Crippen LogP contribution >= 0.6 is 0 Å². The third-order valence-electron chi connectivity index (χ3n) is 8.92. The van der Waals surface area contributed by atoms with E-state index in [0.29, 0.717) is 6.42 Å². The van der Waals surface area contributed by atoms with Crippen LogP contribution in [0.15, 0.2) is 48.5 Å². The molecule has 2 aliphatic rings. The van der Waals surface area contributed by atoms with E-state index in [4.69, 9.17) is 25.4 Å². The van der Waals surface area contributed by atoms with Gasteiger partial charge in [-0.1, -0.05) is 36.3 Å². The third kappa shape index (κ3) is 9.88. The number of benzene rings is 2. The predicted molar refractivity (Wildman–Crippen MR) is 182 cm³/mol. The van der Waals surface area contributed by atoms with Crippen molar-refractivity contribution in [3.05, 3.63) is 65.7 Å². The van der Waals surface area contributed by atoms with Gasteiger partial charge in [-0.05, 0) is 58.7 Å². The largest absolute Gasteiger partial charge is 0.493 e. The molecule has 2 aromatic rings. The minimum atomic E-state index is -1.23. The van der Waals surface area contributed by atoms with Crippen LogP contribution in [-0.2, 0) is 30.4 Å². The Morgan fingerprint density at radius 1 is 1.06 bits per heavy atom. The van der Waals surface area contributed by atoms with Crippen LogP contribution in [0.3, 0.4) is 0 Å². The molecule has 0 spiro atoms. The molecule has 51 heavy (non-hydrogen) atoms. The molecule has 0 aliphatic carbocycles. The number of terminal acetylenes is 1. The Hall–Kier alpha value is -4.90. The minimum absolute atomic E-state index is 0.0420. The molecular formula is C37H46F2N4O8. The van der Waals surface area contributed by atoms with Gasteiger partial charge in [-0.2, -0.15) is 0 Å². The summed E-state index contributed by atoms with van der Waals surface area (Å²) in [5.41, 5.74) is 0.00663. The van der Waals surface area contributed by atoms with E-state index in [-0.39, 0.29) is 38.7 Å². The van der Waals surface area contributed by atoms with Crippen molar-refractivity contribution in [1.82, 2.24) is 20.0 Å². The standard InChI is InChI=1S/C37H46F2N4O8/c1-8-18-48-24(3)31(40-33(44)23(2)41(7)35(46)51-37(4,5)6)34(45)42-17-16-30-32(42)26(22-49-27-14-15-28(38)29(39)19-27)20-43(30)36(47)50-21-25-12-10-9-11-13-25/h1,9-15,19,23-24,26,30-32H,16-18,20-22H2,2-7H3,(H,40,44)/t23-,24+,26+,30+,31-,32+/m0/s1. The molecule has 0 radical (unpaired) electrons. The lowest BCUT2D eigenvalue weighted by molar-refractivity contribution is -0.142. The maximum absolute atomic E-state index is 14.4. The number of nitrogens with one attached hydrogen (secondary N) is 1. The number of ether oxygens (including phenoxy) is 4. The number of nitrogens with zero attached hydrogens (tertiary/aromatic N) is 3. The van der Waals surface area contributed by atoms with E-state index < -0.39 is 77.4 Å². The van der Waals surface area contributed by atoms with Gasteiger partial charge in [0.2, 0.25) is 11.8 Å². The predicted octanol–water partition coefficient (Wildman–Crippen LogP) is 4.36. The molecule has 2 aromatic carbocycles. The van der Waals surface area contributed by atoms with Crippen LogP contribution < -0.4 is 10.1 Å². The summed E-state index contributed by atoms with van der Waals surface area (Å²) in [6.45, 7) is 8.44. The Morgan fingerprint density at radius 2 is 1.76 bits per heavy atom. The molecule has 12 nitrogen and oxygen atoms in total. The second-order valence-electron chi connectivity index (χ2n) is 13.7. The number of likely N-dealkylation sites (tertiary alicyclic amines) is 2. The first kappa shape index (κ1) is 38.9. The second kappa shape index (κ2) is 16.9. The Kier molecular flexibility index (Phi) is 12.9. The van der Waals surface area contributed by atoms with Crippen molar-refractivity contribution in [2.24, 2.45) is 5.92 Å². The van der Waals surface area contributed by atoms with Crippen molar-refractivity contribution >= 4 is 24.0 Å². The number of likely N-dealkylation sites (N-methyl/N-ethyl adjacent to an activating group) is 1. The van der Waals surface area contributed by atoms with Gasteiger partial charge in [0.1, 0.15) is 36.6 Å². The quantitative estimate of drug-likeness (QED) is 0.322. The SMILES string of the molecule is C#CCO[C@H](C)[C@H](NC(=O)[C@H](C)N(C)C(=O)OC(C)(C)C)C(=O)N1CC[C@@H]2[C@H]1[C@@H](COc1ccc(F)c(F)c1)CN2C(=O)OCc1ccccc1. The van der Waals surface area contributed by atoms with Gasteiger partial charge in [0.25, 0.3) is 0 Å². The molecule has 0 saturated carbocycles. The molecule has 4 amide bonds. The molecular weight excluding hydrogens is 666 g/mol. The summed E-state index contributed by atoms with van der Waals surface area (Å²) in [6, 6.07) is 9.04. The summed E-state index contributed by atoms with van der Waals surface area (Å²) >= 11 is 0. The monoisotopic (exact) mass is 712 g/mol. The first-order valence-electron chi connectivity index (χ1n) is 16.8. The average molecular weight is 713 g/mol. The second-order valence-corrected chi connectivity index (χ2v) is 13.7. The molecule has 2 saturated heterocycles. The maximum Gasteiger partial charge on any atom is 0.410 e. The lowest BCUT2D eigenvalue weighted by Gasteiger charge is -2.35. The number of halogens is 2. The van der Waals surface area contributed by atoms with Crippen LogP contribution in [0.2, 0.25) is 0 Å². The van der Waals surface area contributed by atoms with Gasteiger partial charge < -0.3 is 34.1 Å². The summed E-state index contributed by atoms with van der Waals surface area (Å²) in [6.07, 6.45) is 3.63. The average Bonchev–Trinajstić information content (AvgIpc) is 3.69. The smallest absolute Gasteiger partial charge is 0.410 e. The van der Waals surface area contributed by atoms with E-state index in [1.807, 2.05) is 30.3 Å². The van der Waals surface area contributed by atoms with E-state index in [0.717, 1.165) is 22.6 Å². The molecule has 6 atom stereocenters. The highest BCUT2D eigenvalue weighted by molar-refractivity contribution is 5.92. The Morgan fingerprint density at radius 3 is 2.41 bits per heavy atom. The van der Waals surface area contributed by atoms with Gasteiger partial charge in [0, 0.05) is 32.1 Å². The summed E-state index contributed by atoms with van der Waals surface area (Å²) in [4.78, 5) is 58.4. The first-order valence-corrected chi connectivity index (χ1v) is 16.8. The van der Waals surface area contributed by atoms with Gasteiger partial charge in [0.15, 0.2) is 11.6 Å². The van der Waals surface area contributed by atoms with Gasteiger partial charge in [-0.3, -0.25) is 14.5 Å². The molecule has 4 rings (SSSR count). The Bertz CT molecular complexity index is 1600. The number of fused-ring (bicyclic) bond motifs is 1. The molecule has 276 valence electrons. The van der Waals surface area contributed by atoms with Crippen LogP contribution in [-0.4, -0.2) is 108 Å². The summed E-state index contributed by atoms with van der Waals surface area (Å²) in [5, 5.41) is 2.75. The van der Waals surface area contributed by atoms with Crippen LogP contribution in [0, 0.1) is 29.9 Å². The minimum Gasteiger partial charge on any atom is -0.493 e. The molecule has 0 unspecified atom stereocenters. The maximum atomic E-state index is 14.4. The van der Waals surface area contributed by atoms with Gasteiger partial charge >= 0.3 is 12.2 Å². The van der Waals surface area contributed by atoms with E-state index in [9.17, 15) is 28.0 Å². The summed E-state index contributed by atoms with van der Waals surface area (Å²) < 4.78 is 50.2. The zero-order valence-electron chi connectivity index (χ0n) is 29.8. The van der Waals surface area contributed by atoms with Gasteiger partial charge in [0.05, 0.1) is 24.8 Å². The highest BCUT2D eigenvalue weighted by atomic mass is 19.2. The normalized spacial score (nSPS) is 20.0. The van der Waals surface area contributed by atoms with E-state index in [2.05, 4.69) is 11.2 Å². The number of hydrogen-bond donors (Lipinski definition) is 1. The Labute approximate surface area is 297 Å². The zero-order valence-corrected chi connectivity index (χ0v) is 29.8. The van der Waals surface area contributed by atoms with Crippen LogP contribution in [0.5, 0.6) is 5.75 Å². The van der Waals surface area contributed by atoms with Crippen LogP contribution in [0.1, 0.15) is 46.6 Å². The number of amides is 4.